The van der Waals surface area contributed by atoms with Gasteiger partial charge in [0, 0.05) is 23.7 Å². The molecule has 94 valence electrons. The van der Waals surface area contributed by atoms with Gasteiger partial charge in [-0.2, -0.15) is 5.21 Å². The summed E-state index contributed by atoms with van der Waals surface area (Å²) in [5.74, 6) is 0.557. The lowest BCUT2D eigenvalue weighted by Crippen LogP contribution is -2.30. The third-order valence-electron chi connectivity index (χ3n) is 2.13. The summed E-state index contributed by atoms with van der Waals surface area (Å²) in [6.07, 6.45) is 0.518. The van der Waals surface area contributed by atoms with Gasteiger partial charge in [-0.15, -0.1) is 10.2 Å². The zero-order valence-electron chi connectivity index (χ0n) is 9.35. The van der Waals surface area contributed by atoms with Crippen LogP contribution in [0.4, 0.5) is 10.5 Å². The molecule has 1 aromatic heterocycles. The second kappa shape index (κ2) is 5.97. The molecular weight excluding hydrogens is 256 g/mol. The molecule has 1 aromatic carbocycles. The van der Waals surface area contributed by atoms with E-state index in [1.54, 1.807) is 24.3 Å². The molecule has 0 bridgehead atoms. The molecule has 0 aliphatic rings. The number of urea groups is 1. The van der Waals surface area contributed by atoms with Crippen molar-refractivity contribution in [1.82, 2.24) is 25.9 Å². The van der Waals surface area contributed by atoms with Crippen LogP contribution in [0, 0.1) is 0 Å². The zero-order chi connectivity index (χ0) is 12.8. The second-order valence-corrected chi connectivity index (χ2v) is 3.90. The minimum Gasteiger partial charge on any atom is -0.337 e. The standard InChI is InChI=1S/C10H11ClN6O/c11-7-1-3-8(4-2-7)13-10(18)12-6-5-9-14-16-17-15-9/h1-4H,5-6H2,(H2,12,13,18)(H,14,15,16,17). The quantitative estimate of drug-likeness (QED) is 0.775. The van der Waals surface area contributed by atoms with Crippen LogP contribution in [0.5, 0.6) is 0 Å². The molecule has 0 atom stereocenters. The van der Waals surface area contributed by atoms with E-state index >= 15 is 0 Å². The molecule has 0 unspecified atom stereocenters. The van der Waals surface area contributed by atoms with Crippen molar-refractivity contribution in [3.8, 4) is 0 Å². The largest absolute Gasteiger partial charge is 0.337 e. The molecule has 0 saturated heterocycles. The number of H-pyrrole nitrogens is 1. The lowest BCUT2D eigenvalue weighted by atomic mass is 10.3. The molecule has 1 heterocycles. The van der Waals surface area contributed by atoms with Crippen molar-refractivity contribution in [2.24, 2.45) is 0 Å². The zero-order valence-corrected chi connectivity index (χ0v) is 10.1. The highest BCUT2D eigenvalue weighted by Gasteiger charge is 2.02. The van der Waals surface area contributed by atoms with Gasteiger partial charge in [-0.05, 0) is 24.3 Å². The molecule has 3 N–H and O–H groups in total. The number of nitrogens with zero attached hydrogens (tertiary/aromatic N) is 3. The van der Waals surface area contributed by atoms with Gasteiger partial charge in [-0.25, -0.2) is 4.79 Å². The predicted octanol–water partition coefficient (Wildman–Crippen LogP) is 1.22. The van der Waals surface area contributed by atoms with E-state index in [2.05, 4.69) is 31.3 Å². The molecule has 2 rings (SSSR count). The molecule has 2 aromatic rings. The first-order valence-corrected chi connectivity index (χ1v) is 5.64. The number of anilines is 1. The molecule has 0 saturated carbocycles. The van der Waals surface area contributed by atoms with Gasteiger partial charge >= 0.3 is 6.03 Å². The van der Waals surface area contributed by atoms with E-state index in [-0.39, 0.29) is 6.03 Å². The van der Waals surface area contributed by atoms with Gasteiger partial charge in [-0.1, -0.05) is 16.8 Å². The van der Waals surface area contributed by atoms with Crippen LogP contribution in [-0.2, 0) is 6.42 Å². The second-order valence-electron chi connectivity index (χ2n) is 3.47. The summed E-state index contributed by atoms with van der Waals surface area (Å²) in [4.78, 5) is 11.5. The highest BCUT2D eigenvalue weighted by atomic mass is 35.5. The van der Waals surface area contributed by atoms with Crippen molar-refractivity contribution in [2.75, 3.05) is 11.9 Å². The monoisotopic (exact) mass is 266 g/mol. The van der Waals surface area contributed by atoms with Crippen molar-refractivity contribution < 1.29 is 4.79 Å². The van der Waals surface area contributed by atoms with Crippen molar-refractivity contribution in [2.45, 2.75) is 6.42 Å². The van der Waals surface area contributed by atoms with Crippen LogP contribution in [0.25, 0.3) is 0 Å². The van der Waals surface area contributed by atoms with Gasteiger partial charge in [0.05, 0.1) is 0 Å². The highest BCUT2D eigenvalue weighted by Crippen LogP contribution is 2.12. The lowest BCUT2D eigenvalue weighted by molar-refractivity contribution is 0.252. The molecule has 0 spiro atoms. The molecule has 8 heteroatoms. The normalized spacial score (nSPS) is 10.1. The Kier molecular flexibility index (Phi) is 4.08. The fourth-order valence-electron chi connectivity index (χ4n) is 1.28. The smallest absolute Gasteiger partial charge is 0.319 e. The summed E-state index contributed by atoms with van der Waals surface area (Å²) in [7, 11) is 0. The summed E-state index contributed by atoms with van der Waals surface area (Å²) in [6.45, 7) is 0.430. The average molecular weight is 267 g/mol. The number of carbonyl (C=O) groups excluding carboxylic acids is 1. The maximum Gasteiger partial charge on any atom is 0.319 e. The van der Waals surface area contributed by atoms with Gasteiger partial charge in [0.15, 0.2) is 5.82 Å². The number of nitrogens with one attached hydrogen (secondary N) is 3. The van der Waals surface area contributed by atoms with Crippen LogP contribution in [0.1, 0.15) is 5.82 Å². The number of aromatic nitrogens is 4. The van der Waals surface area contributed by atoms with Crippen molar-refractivity contribution >= 4 is 23.3 Å². The fourth-order valence-corrected chi connectivity index (χ4v) is 1.41. The summed E-state index contributed by atoms with van der Waals surface area (Å²) in [5.41, 5.74) is 0.677. The van der Waals surface area contributed by atoms with Crippen molar-refractivity contribution in [3.05, 3.63) is 35.1 Å². The van der Waals surface area contributed by atoms with Crippen LogP contribution >= 0.6 is 11.6 Å². The first kappa shape index (κ1) is 12.3. The van der Waals surface area contributed by atoms with E-state index in [1.807, 2.05) is 0 Å². The number of tetrazole rings is 1. The SMILES string of the molecule is O=C(NCCc1nn[nH]n1)Nc1ccc(Cl)cc1. The molecule has 7 nitrogen and oxygen atoms in total. The van der Waals surface area contributed by atoms with E-state index in [0.29, 0.717) is 29.5 Å². The number of rotatable bonds is 4. The first-order chi connectivity index (χ1) is 8.74. The number of amides is 2. The van der Waals surface area contributed by atoms with Crippen molar-refractivity contribution in [3.63, 3.8) is 0 Å². The van der Waals surface area contributed by atoms with E-state index < -0.39 is 0 Å². The first-order valence-electron chi connectivity index (χ1n) is 5.27. The fraction of sp³-hybridized carbons (Fsp3) is 0.200. The number of carbonyl (C=O) groups is 1. The number of aromatic amines is 1. The molecule has 2 amide bonds. The topological polar surface area (TPSA) is 95.6 Å². The van der Waals surface area contributed by atoms with Crippen molar-refractivity contribution in [1.29, 1.82) is 0 Å². The summed E-state index contributed by atoms with van der Waals surface area (Å²) >= 11 is 5.74. The number of hydrogen-bond acceptors (Lipinski definition) is 4. The minimum atomic E-state index is -0.291. The minimum absolute atomic E-state index is 0.291. The Morgan fingerprint density at radius 1 is 1.33 bits per heavy atom. The third-order valence-corrected chi connectivity index (χ3v) is 2.38. The van der Waals surface area contributed by atoms with Crippen LogP contribution in [0.3, 0.4) is 0 Å². The molecule has 0 aliphatic carbocycles. The summed E-state index contributed by atoms with van der Waals surface area (Å²) in [5, 5.41) is 19.3. The Balaban J connectivity index is 1.73. The lowest BCUT2D eigenvalue weighted by Gasteiger charge is -2.06. The van der Waals surface area contributed by atoms with E-state index in [9.17, 15) is 4.79 Å². The Labute approximate surface area is 108 Å². The summed E-state index contributed by atoms with van der Waals surface area (Å²) in [6, 6.07) is 6.57. The van der Waals surface area contributed by atoms with Gasteiger partial charge in [0.25, 0.3) is 0 Å². The molecular formula is C10H11ClN6O. The molecule has 0 aliphatic heterocycles. The maximum absolute atomic E-state index is 11.5. The Hall–Kier alpha value is -2.15. The Bertz CT molecular complexity index is 498. The van der Waals surface area contributed by atoms with Crippen LogP contribution < -0.4 is 10.6 Å². The molecule has 0 radical (unpaired) electrons. The van der Waals surface area contributed by atoms with Crippen LogP contribution in [0.15, 0.2) is 24.3 Å². The number of halogens is 1. The van der Waals surface area contributed by atoms with Gasteiger partial charge in [-0.3, -0.25) is 0 Å². The Morgan fingerprint density at radius 2 is 2.11 bits per heavy atom. The predicted molar refractivity (Wildman–Crippen MR) is 66.4 cm³/mol. The maximum atomic E-state index is 11.5. The van der Waals surface area contributed by atoms with Gasteiger partial charge in [0.2, 0.25) is 0 Å². The van der Waals surface area contributed by atoms with Crippen LogP contribution in [0.2, 0.25) is 5.02 Å². The van der Waals surface area contributed by atoms with Gasteiger partial charge < -0.3 is 10.6 Å². The third kappa shape index (κ3) is 3.70. The van der Waals surface area contributed by atoms with E-state index in [4.69, 9.17) is 11.6 Å². The highest BCUT2D eigenvalue weighted by molar-refractivity contribution is 6.30. The van der Waals surface area contributed by atoms with E-state index in [1.165, 1.54) is 0 Å². The van der Waals surface area contributed by atoms with E-state index in [0.717, 1.165) is 0 Å². The number of hydrogen-bond donors (Lipinski definition) is 3. The van der Waals surface area contributed by atoms with Crippen LogP contribution in [-0.4, -0.2) is 33.2 Å². The number of benzene rings is 1. The summed E-state index contributed by atoms with van der Waals surface area (Å²) < 4.78 is 0. The average Bonchev–Trinajstić information content (AvgIpc) is 2.85. The Morgan fingerprint density at radius 3 is 2.78 bits per heavy atom. The molecule has 18 heavy (non-hydrogen) atoms. The van der Waals surface area contributed by atoms with Gasteiger partial charge in [0.1, 0.15) is 0 Å². The molecule has 0 fully saturated rings.